The molecule has 2 amide bonds. The smallest absolute Gasteiger partial charge is 0.248 e. The van der Waals surface area contributed by atoms with Crippen LogP contribution in [0.3, 0.4) is 0 Å². The second-order valence-electron chi connectivity index (χ2n) is 5.22. The average molecular weight is 382 g/mol. The highest BCUT2D eigenvalue weighted by Crippen LogP contribution is 2.12. The monoisotopic (exact) mass is 382 g/mol. The number of thiocarbonyl (C=S) groups is 2. The van der Waals surface area contributed by atoms with E-state index in [4.69, 9.17) is 33.6 Å². The zero-order valence-electron chi connectivity index (χ0n) is 13.7. The van der Waals surface area contributed by atoms with E-state index in [1.165, 1.54) is 16.3 Å². The van der Waals surface area contributed by atoms with Crippen LogP contribution >= 0.6 is 24.4 Å². The summed E-state index contributed by atoms with van der Waals surface area (Å²) in [6.45, 7) is 0. The molecule has 1 aliphatic heterocycles. The van der Waals surface area contributed by atoms with Crippen LogP contribution in [0.4, 0.5) is 0 Å². The normalized spacial score (nSPS) is 15.2. The van der Waals surface area contributed by atoms with Gasteiger partial charge in [-0.05, 0) is 18.2 Å². The molecule has 0 aliphatic carbocycles. The first-order valence-corrected chi connectivity index (χ1v) is 8.18. The van der Waals surface area contributed by atoms with Gasteiger partial charge in [-0.25, -0.2) is 0 Å². The van der Waals surface area contributed by atoms with Gasteiger partial charge in [-0.3, -0.25) is 30.5 Å². The maximum Gasteiger partial charge on any atom is 0.248 e. The van der Waals surface area contributed by atoms with Gasteiger partial charge in [0.15, 0.2) is 16.9 Å². The predicted octanol–water partition coefficient (Wildman–Crippen LogP) is 0.901. The van der Waals surface area contributed by atoms with E-state index in [0.29, 0.717) is 22.2 Å². The van der Waals surface area contributed by atoms with Gasteiger partial charge in [-0.1, -0.05) is 24.4 Å². The minimum absolute atomic E-state index is 0.286. The SMILES string of the molecule is CN(NC(=O)CC(=O)NN(C)C(=S)C1CC=CO1)C(=S)c1ccco1. The van der Waals surface area contributed by atoms with Crippen molar-refractivity contribution in [3.63, 3.8) is 0 Å². The van der Waals surface area contributed by atoms with Crippen LogP contribution in [0.5, 0.6) is 0 Å². The van der Waals surface area contributed by atoms with Crippen LogP contribution in [0.15, 0.2) is 35.2 Å². The highest BCUT2D eigenvalue weighted by molar-refractivity contribution is 7.80. The summed E-state index contributed by atoms with van der Waals surface area (Å²) in [6.07, 6.45) is 4.87. The summed E-state index contributed by atoms with van der Waals surface area (Å²) < 4.78 is 10.4. The molecule has 2 rings (SSSR count). The molecule has 1 unspecified atom stereocenters. The molecule has 1 aromatic rings. The number of nitrogens with zero attached hydrogens (tertiary/aromatic N) is 2. The van der Waals surface area contributed by atoms with Crippen molar-refractivity contribution in [3.05, 3.63) is 36.5 Å². The Kier molecular flexibility index (Phi) is 6.48. The zero-order chi connectivity index (χ0) is 18.4. The Morgan fingerprint density at radius 3 is 2.48 bits per heavy atom. The van der Waals surface area contributed by atoms with E-state index in [0.717, 1.165) is 0 Å². The van der Waals surface area contributed by atoms with Crippen molar-refractivity contribution in [2.45, 2.75) is 18.9 Å². The summed E-state index contributed by atoms with van der Waals surface area (Å²) in [5.74, 6) is -0.588. The highest BCUT2D eigenvalue weighted by Gasteiger charge is 2.22. The summed E-state index contributed by atoms with van der Waals surface area (Å²) in [5, 5.41) is 2.69. The number of furan rings is 1. The summed E-state index contributed by atoms with van der Waals surface area (Å²) in [4.78, 5) is 24.6. The number of carbonyl (C=O) groups is 2. The van der Waals surface area contributed by atoms with Gasteiger partial charge in [0.05, 0.1) is 12.5 Å². The van der Waals surface area contributed by atoms with Crippen LogP contribution in [0.1, 0.15) is 18.6 Å². The molecule has 0 aromatic carbocycles. The molecule has 0 spiro atoms. The fraction of sp³-hybridized carbons (Fsp3) is 0.333. The quantitative estimate of drug-likeness (QED) is 0.451. The Bertz CT molecular complexity index is 682. The van der Waals surface area contributed by atoms with Crippen molar-refractivity contribution in [2.24, 2.45) is 0 Å². The van der Waals surface area contributed by atoms with E-state index in [9.17, 15) is 9.59 Å². The fourth-order valence-corrected chi connectivity index (χ4v) is 2.39. The van der Waals surface area contributed by atoms with Crippen molar-refractivity contribution in [2.75, 3.05) is 14.1 Å². The number of nitrogens with one attached hydrogen (secondary N) is 2. The van der Waals surface area contributed by atoms with E-state index in [1.54, 1.807) is 32.5 Å². The number of carbonyl (C=O) groups excluding carboxylic acids is 2. The summed E-state index contributed by atoms with van der Waals surface area (Å²) in [5.41, 5.74) is 5.03. The van der Waals surface area contributed by atoms with Crippen molar-refractivity contribution in [1.82, 2.24) is 20.9 Å². The number of rotatable bonds is 4. The lowest BCUT2D eigenvalue weighted by Gasteiger charge is -2.24. The van der Waals surface area contributed by atoms with Gasteiger partial charge in [0.25, 0.3) is 0 Å². The Hall–Kier alpha value is -2.46. The number of hydrazine groups is 2. The molecule has 2 heterocycles. The minimum atomic E-state index is -0.521. The molecular weight excluding hydrogens is 364 g/mol. The Morgan fingerprint density at radius 1 is 1.24 bits per heavy atom. The summed E-state index contributed by atoms with van der Waals surface area (Å²) >= 11 is 10.4. The predicted molar refractivity (Wildman–Crippen MR) is 98.1 cm³/mol. The van der Waals surface area contributed by atoms with Gasteiger partial charge in [-0.2, -0.15) is 0 Å². The van der Waals surface area contributed by atoms with E-state index < -0.39 is 11.8 Å². The number of likely N-dealkylation sites (N-methyl/N-ethyl adjacent to an activating group) is 1. The average Bonchev–Trinajstić information content (AvgIpc) is 3.26. The molecule has 8 nitrogen and oxygen atoms in total. The number of hydrogen-bond acceptors (Lipinski definition) is 6. The van der Waals surface area contributed by atoms with Gasteiger partial charge >= 0.3 is 0 Å². The molecule has 0 saturated carbocycles. The zero-order valence-corrected chi connectivity index (χ0v) is 15.4. The third kappa shape index (κ3) is 5.26. The first-order chi connectivity index (χ1) is 11.9. The number of amides is 2. The van der Waals surface area contributed by atoms with Gasteiger partial charge < -0.3 is 9.15 Å². The molecule has 1 atom stereocenters. The Balaban J connectivity index is 1.76. The molecule has 0 fully saturated rings. The molecule has 134 valence electrons. The van der Waals surface area contributed by atoms with Crippen LogP contribution in [0.2, 0.25) is 0 Å². The second-order valence-corrected chi connectivity index (χ2v) is 6.02. The molecule has 10 heteroatoms. The highest BCUT2D eigenvalue weighted by atomic mass is 32.1. The lowest BCUT2D eigenvalue weighted by atomic mass is 10.3. The van der Waals surface area contributed by atoms with E-state index in [-0.39, 0.29) is 12.5 Å². The van der Waals surface area contributed by atoms with Gasteiger partial charge in [0, 0.05) is 20.5 Å². The van der Waals surface area contributed by atoms with E-state index >= 15 is 0 Å². The topological polar surface area (TPSA) is 87.1 Å². The van der Waals surface area contributed by atoms with Gasteiger partial charge in [0.2, 0.25) is 11.8 Å². The fourth-order valence-electron chi connectivity index (χ4n) is 2.03. The maximum absolute atomic E-state index is 12.0. The van der Waals surface area contributed by atoms with Gasteiger partial charge in [0.1, 0.15) is 11.4 Å². The molecule has 0 saturated heterocycles. The van der Waals surface area contributed by atoms with E-state index in [2.05, 4.69) is 10.9 Å². The van der Waals surface area contributed by atoms with Crippen LogP contribution in [-0.4, -0.2) is 52.0 Å². The molecule has 2 N–H and O–H groups in total. The minimum Gasteiger partial charge on any atom is -0.491 e. The third-order valence-electron chi connectivity index (χ3n) is 3.24. The third-order valence-corrected chi connectivity index (χ3v) is 4.25. The van der Waals surface area contributed by atoms with Gasteiger partial charge in [-0.15, -0.1) is 0 Å². The van der Waals surface area contributed by atoms with Crippen LogP contribution < -0.4 is 10.9 Å². The molecule has 1 aromatic heterocycles. The summed E-state index contributed by atoms with van der Waals surface area (Å²) in [6, 6.07) is 3.36. The summed E-state index contributed by atoms with van der Waals surface area (Å²) in [7, 11) is 3.16. The maximum atomic E-state index is 12.0. The molecule has 1 aliphatic rings. The Morgan fingerprint density at radius 2 is 1.92 bits per heavy atom. The largest absolute Gasteiger partial charge is 0.491 e. The molecular formula is C15H18N4O4S2. The van der Waals surface area contributed by atoms with Crippen molar-refractivity contribution < 1.29 is 18.7 Å². The molecule has 25 heavy (non-hydrogen) atoms. The van der Waals surface area contributed by atoms with E-state index in [1.807, 2.05) is 6.08 Å². The number of hydrogen-bond donors (Lipinski definition) is 2. The first kappa shape index (κ1) is 18.9. The molecule has 0 bridgehead atoms. The van der Waals surface area contributed by atoms with Crippen molar-refractivity contribution in [1.29, 1.82) is 0 Å². The van der Waals surface area contributed by atoms with Crippen molar-refractivity contribution >= 4 is 46.2 Å². The van der Waals surface area contributed by atoms with Crippen LogP contribution in [0.25, 0.3) is 0 Å². The van der Waals surface area contributed by atoms with Crippen LogP contribution in [-0.2, 0) is 14.3 Å². The lowest BCUT2D eigenvalue weighted by Crippen LogP contribution is -2.49. The number of ether oxygens (including phenoxy) is 1. The van der Waals surface area contributed by atoms with Crippen LogP contribution in [0, 0.1) is 0 Å². The van der Waals surface area contributed by atoms with Crippen molar-refractivity contribution in [3.8, 4) is 0 Å². The Labute approximate surface area is 155 Å². The standard InChI is InChI=1S/C15H18N4O4S2/c1-18(14(24)10-5-3-7-22-10)16-12(20)9-13(21)17-19(2)15(25)11-6-4-8-23-11/h3-5,7-8,11H,6,9H2,1-2H3,(H,16,20)(H,17,21). The molecule has 0 radical (unpaired) electrons. The lowest BCUT2D eigenvalue weighted by molar-refractivity contribution is -0.132. The second kappa shape index (κ2) is 8.58. The first-order valence-electron chi connectivity index (χ1n) is 7.37.